The number of rotatable bonds is 3. The van der Waals surface area contributed by atoms with Gasteiger partial charge in [-0.3, -0.25) is 4.79 Å². The summed E-state index contributed by atoms with van der Waals surface area (Å²) in [4.78, 5) is 11.6. The Morgan fingerprint density at radius 1 is 1.33 bits per heavy atom. The minimum Gasteiger partial charge on any atom is -0.507 e. The highest BCUT2D eigenvalue weighted by Gasteiger charge is 2.08. The molecule has 2 aromatic rings. The van der Waals surface area contributed by atoms with E-state index in [4.69, 9.17) is 4.42 Å². The maximum atomic E-state index is 11.6. The third-order valence-electron chi connectivity index (χ3n) is 2.10. The zero-order chi connectivity index (χ0) is 13.0. The van der Waals surface area contributed by atoms with E-state index in [1.807, 2.05) is 0 Å². The Bertz CT molecular complexity index is 593. The fraction of sp³-hybridized carbons (Fsp3) is 0. The number of aromatic hydroxyl groups is 1. The van der Waals surface area contributed by atoms with Crippen LogP contribution >= 0.6 is 15.9 Å². The lowest BCUT2D eigenvalue weighted by molar-refractivity contribution is 0.0952. The molecular weight excluding hydrogens is 300 g/mol. The molecule has 2 N–H and O–H groups in total. The first-order valence-electron chi connectivity index (χ1n) is 5.03. The van der Waals surface area contributed by atoms with Crippen molar-refractivity contribution in [2.45, 2.75) is 0 Å². The predicted molar refractivity (Wildman–Crippen MR) is 69.6 cm³/mol. The Morgan fingerprint density at radius 2 is 2.11 bits per heavy atom. The van der Waals surface area contributed by atoms with Gasteiger partial charge in [-0.2, -0.15) is 5.10 Å². The smallest absolute Gasteiger partial charge is 0.275 e. The summed E-state index contributed by atoms with van der Waals surface area (Å²) in [6, 6.07) is 9.63. The topological polar surface area (TPSA) is 74.8 Å². The largest absolute Gasteiger partial charge is 0.507 e. The Morgan fingerprint density at radius 3 is 2.78 bits per heavy atom. The normalized spacial score (nSPS) is 10.7. The van der Waals surface area contributed by atoms with Gasteiger partial charge < -0.3 is 9.52 Å². The van der Waals surface area contributed by atoms with Crippen LogP contribution in [0.5, 0.6) is 5.75 Å². The molecule has 1 heterocycles. The van der Waals surface area contributed by atoms with Gasteiger partial charge in [0.05, 0.1) is 11.8 Å². The first-order valence-corrected chi connectivity index (χ1v) is 5.83. The van der Waals surface area contributed by atoms with Crippen LogP contribution in [0, 0.1) is 0 Å². The number of nitrogens with one attached hydrogen (secondary N) is 1. The van der Waals surface area contributed by atoms with E-state index in [-0.39, 0.29) is 11.3 Å². The van der Waals surface area contributed by atoms with Gasteiger partial charge in [-0.1, -0.05) is 12.1 Å². The van der Waals surface area contributed by atoms with Crippen LogP contribution in [0.15, 0.2) is 50.6 Å². The predicted octanol–water partition coefficient (Wildman–Crippen LogP) is 2.51. The quantitative estimate of drug-likeness (QED) is 0.676. The van der Waals surface area contributed by atoms with Gasteiger partial charge >= 0.3 is 0 Å². The molecular formula is C12H9BrN2O3. The summed E-state index contributed by atoms with van der Waals surface area (Å²) in [5, 5.41) is 13.2. The molecule has 0 aliphatic carbocycles. The number of carbonyl (C=O) groups excluding carboxylic acids is 1. The van der Waals surface area contributed by atoms with Crippen LogP contribution < -0.4 is 5.43 Å². The van der Waals surface area contributed by atoms with E-state index in [0.717, 1.165) is 0 Å². The molecule has 1 aromatic carbocycles. The van der Waals surface area contributed by atoms with Crippen molar-refractivity contribution in [3.8, 4) is 5.75 Å². The second kappa shape index (κ2) is 5.50. The molecule has 1 aromatic heterocycles. The molecule has 6 heteroatoms. The number of para-hydroxylation sites is 1. The average molecular weight is 309 g/mol. The molecule has 92 valence electrons. The fourth-order valence-electron chi connectivity index (χ4n) is 1.28. The van der Waals surface area contributed by atoms with Crippen LogP contribution in [0.4, 0.5) is 0 Å². The molecule has 1 amide bonds. The zero-order valence-electron chi connectivity index (χ0n) is 9.13. The molecule has 0 fully saturated rings. The van der Waals surface area contributed by atoms with Crippen LogP contribution in [-0.2, 0) is 0 Å². The molecule has 0 radical (unpaired) electrons. The lowest BCUT2D eigenvalue weighted by atomic mass is 10.2. The molecule has 0 unspecified atom stereocenters. The minimum absolute atomic E-state index is 0.0917. The molecule has 0 spiro atoms. The number of phenolic OH excluding ortho intramolecular Hbond substituents is 1. The lowest BCUT2D eigenvalue weighted by Crippen LogP contribution is -2.17. The van der Waals surface area contributed by atoms with E-state index >= 15 is 0 Å². The molecule has 2 rings (SSSR count). The summed E-state index contributed by atoms with van der Waals surface area (Å²) in [6.45, 7) is 0. The molecule has 0 aliphatic heterocycles. The van der Waals surface area contributed by atoms with Gasteiger partial charge in [0.15, 0.2) is 4.67 Å². The molecule has 0 bridgehead atoms. The molecule has 5 nitrogen and oxygen atoms in total. The summed E-state index contributed by atoms with van der Waals surface area (Å²) < 4.78 is 5.74. The van der Waals surface area contributed by atoms with E-state index in [9.17, 15) is 9.90 Å². The van der Waals surface area contributed by atoms with Crippen molar-refractivity contribution in [2.24, 2.45) is 5.10 Å². The highest BCUT2D eigenvalue weighted by Crippen LogP contribution is 2.15. The minimum atomic E-state index is -0.491. The molecule has 0 atom stereocenters. The van der Waals surface area contributed by atoms with Gasteiger partial charge in [0.1, 0.15) is 11.5 Å². The van der Waals surface area contributed by atoms with Crippen molar-refractivity contribution >= 4 is 28.1 Å². The van der Waals surface area contributed by atoms with E-state index < -0.39 is 5.91 Å². The van der Waals surface area contributed by atoms with Crippen molar-refractivity contribution in [3.05, 3.63) is 52.4 Å². The van der Waals surface area contributed by atoms with Crippen molar-refractivity contribution in [2.75, 3.05) is 0 Å². The summed E-state index contributed by atoms with van der Waals surface area (Å²) in [5.74, 6) is -0.0830. The molecule has 18 heavy (non-hydrogen) atoms. The second-order valence-corrected chi connectivity index (χ2v) is 4.14. The van der Waals surface area contributed by atoms with Crippen molar-refractivity contribution in [1.29, 1.82) is 0 Å². The van der Waals surface area contributed by atoms with Gasteiger partial charge in [0.2, 0.25) is 0 Å². The lowest BCUT2D eigenvalue weighted by Gasteiger charge is -2.01. The van der Waals surface area contributed by atoms with Crippen LogP contribution in [0.2, 0.25) is 0 Å². The molecule has 0 saturated carbocycles. The summed E-state index contributed by atoms with van der Waals surface area (Å²) in [7, 11) is 0. The number of hydrogen-bond donors (Lipinski definition) is 2. The second-order valence-electron chi connectivity index (χ2n) is 3.36. The Balaban J connectivity index is 2.01. The van der Waals surface area contributed by atoms with Crippen LogP contribution in [-0.4, -0.2) is 17.2 Å². The van der Waals surface area contributed by atoms with Crippen molar-refractivity contribution < 1.29 is 14.3 Å². The number of hydrogen-bond acceptors (Lipinski definition) is 4. The van der Waals surface area contributed by atoms with E-state index in [1.165, 1.54) is 18.3 Å². The van der Waals surface area contributed by atoms with E-state index in [2.05, 4.69) is 26.5 Å². The summed E-state index contributed by atoms with van der Waals surface area (Å²) in [5.41, 5.74) is 2.46. The maximum Gasteiger partial charge on any atom is 0.275 e. The Kier molecular flexibility index (Phi) is 3.78. The van der Waals surface area contributed by atoms with Crippen LogP contribution in [0.25, 0.3) is 0 Å². The molecule has 0 aliphatic rings. The highest BCUT2D eigenvalue weighted by molar-refractivity contribution is 9.10. The maximum absolute atomic E-state index is 11.6. The number of nitrogens with zero attached hydrogens (tertiary/aromatic N) is 1. The fourth-order valence-corrected chi connectivity index (χ4v) is 1.60. The van der Waals surface area contributed by atoms with Gasteiger partial charge in [0.25, 0.3) is 5.91 Å². The SMILES string of the molecule is O=C(N/N=C\c1ccc(Br)o1)c1ccccc1O. The average Bonchev–Trinajstić information content (AvgIpc) is 2.75. The van der Waals surface area contributed by atoms with Gasteiger partial charge in [-0.05, 0) is 40.2 Å². The zero-order valence-corrected chi connectivity index (χ0v) is 10.7. The van der Waals surface area contributed by atoms with E-state index in [1.54, 1.807) is 24.3 Å². The van der Waals surface area contributed by atoms with Crippen LogP contribution in [0.1, 0.15) is 16.1 Å². The van der Waals surface area contributed by atoms with Crippen molar-refractivity contribution in [1.82, 2.24) is 5.43 Å². The highest BCUT2D eigenvalue weighted by atomic mass is 79.9. The monoisotopic (exact) mass is 308 g/mol. The van der Waals surface area contributed by atoms with Crippen LogP contribution in [0.3, 0.4) is 0 Å². The summed E-state index contributed by atoms with van der Waals surface area (Å²) in [6.07, 6.45) is 1.36. The summed E-state index contributed by atoms with van der Waals surface area (Å²) >= 11 is 3.15. The first-order chi connectivity index (χ1) is 8.66. The first kappa shape index (κ1) is 12.4. The van der Waals surface area contributed by atoms with Gasteiger partial charge in [-0.15, -0.1) is 0 Å². The van der Waals surface area contributed by atoms with E-state index in [0.29, 0.717) is 10.4 Å². The Hall–Kier alpha value is -2.08. The standard InChI is InChI=1S/C12H9BrN2O3/c13-11-6-5-8(18-11)7-14-15-12(17)9-3-1-2-4-10(9)16/h1-7,16H,(H,15,17)/b14-7-. The number of benzene rings is 1. The van der Waals surface area contributed by atoms with Crippen molar-refractivity contribution in [3.63, 3.8) is 0 Å². The third-order valence-corrected chi connectivity index (χ3v) is 2.53. The Labute approximate surface area is 111 Å². The van der Waals surface area contributed by atoms with Gasteiger partial charge in [-0.25, -0.2) is 5.43 Å². The van der Waals surface area contributed by atoms with Gasteiger partial charge in [0, 0.05) is 0 Å². The number of phenols is 1. The third kappa shape index (κ3) is 2.98. The number of amides is 1. The molecule has 0 saturated heterocycles. The number of carbonyl (C=O) groups is 1. The number of furan rings is 1. The number of halogens is 1. The number of hydrazone groups is 1.